The Kier molecular flexibility index (Phi) is 5.80. The van der Waals surface area contributed by atoms with Crippen molar-refractivity contribution in [2.24, 2.45) is 0 Å². The van der Waals surface area contributed by atoms with Crippen molar-refractivity contribution in [2.45, 2.75) is 38.0 Å². The number of rotatable bonds is 5. The third-order valence-electron chi connectivity index (χ3n) is 5.30. The van der Waals surface area contributed by atoms with Crippen LogP contribution in [0.1, 0.15) is 17.4 Å². The molecule has 0 bridgehead atoms. The van der Waals surface area contributed by atoms with Crippen molar-refractivity contribution in [2.75, 3.05) is 19.4 Å². The highest BCUT2D eigenvalue weighted by molar-refractivity contribution is 6.28. The van der Waals surface area contributed by atoms with Gasteiger partial charge in [-0.05, 0) is 29.7 Å². The van der Waals surface area contributed by atoms with Gasteiger partial charge in [0.25, 0.3) is 5.91 Å². The number of benzene rings is 1. The number of halogens is 1. The molecule has 1 amide bonds. The summed E-state index contributed by atoms with van der Waals surface area (Å²) in [5.74, 6) is -0.0299. The monoisotopic (exact) mass is 446 g/mol. The third kappa shape index (κ3) is 3.94. The molecular weight excluding hydrogens is 424 g/mol. The molecule has 4 rings (SSSR count). The number of amides is 1. The van der Waals surface area contributed by atoms with Crippen molar-refractivity contribution in [3.8, 4) is 0 Å². The Morgan fingerprint density at radius 3 is 2.71 bits per heavy atom. The van der Waals surface area contributed by atoms with Gasteiger partial charge in [-0.3, -0.25) is 9.36 Å². The van der Waals surface area contributed by atoms with Gasteiger partial charge in [-0.1, -0.05) is 24.3 Å². The second kappa shape index (κ2) is 8.39. The van der Waals surface area contributed by atoms with Gasteiger partial charge in [-0.15, -0.1) is 0 Å². The lowest BCUT2D eigenvalue weighted by Gasteiger charge is -2.18. The summed E-state index contributed by atoms with van der Waals surface area (Å²) in [6.07, 6.45) is -3.61. The summed E-state index contributed by atoms with van der Waals surface area (Å²) in [5, 5.41) is 24.1. The average molecular weight is 447 g/mol. The van der Waals surface area contributed by atoms with Crippen LogP contribution in [0.2, 0.25) is 5.28 Å². The second-order valence-electron chi connectivity index (χ2n) is 7.61. The summed E-state index contributed by atoms with van der Waals surface area (Å²) in [6.45, 7) is 2.52. The van der Waals surface area contributed by atoms with Gasteiger partial charge in [-0.25, -0.2) is 4.98 Å². The standard InChI is InChI=1S/C20H23ClN6O4/c1-10-6-4-5-7-11(10)8-22-16-12-17(25-20(21)24-16)27(9-23-12)19-14(29)13(28)15(31-19)18(30)26(2)3/h4-7,9,13-15,19,28-29H,8H2,1-3H3,(H,22,24,25)/t13-,14+,15-,19+/m0/s1. The largest absolute Gasteiger partial charge is 0.387 e. The van der Waals surface area contributed by atoms with E-state index in [1.807, 2.05) is 31.2 Å². The number of nitrogens with zero attached hydrogens (tertiary/aromatic N) is 5. The molecule has 11 heteroatoms. The van der Waals surface area contributed by atoms with Crippen LogP contribution in [0.5, 0.6) is 0 Å². The zero-order chi connectivity index (χ0) is 22.3. The van der Waals surface area contributed by atoms with Crippen molar-refractivity contribution in [1.29, 1.82) is 0 Å². The van der Waals surface area contributed by atoms with Crippen LogP contribution in [0.15, 0.2) is 30.6 Å². The van der Waals surface area contributed by atoms with E-state index >= 15 is 0 Å². The number of aromatic nitrogens is 4. The van der Waals surface area contributed by atoms with Crippen LogP contribution in [-0.2, 0) is 16.1 Å². The van der Waals surface area contributed by atoms with E-state index in [1.165, 1.54) is 15.8 Å². The molecule has 3 heterocycles. The van der Waals surface area contributed by atoms with Crippen LogP contribution in [0, 0.1) is 6.92 Å². The lowest BCUT2D eigenvalue weighted by molar-refractivity contribution is -0.145. The van der Waals surface area contributed by atoms with Crippen LogP contribution in [-0.4, -0.2) is 72.9 Å². The number of aliphatic hydroxyl groups excluding tert-OH is 2. The number of hydrogen-bond donors (Lipinski definition) is 3. The van der Waals surface area contributed by atoms with Crippen molar-refractivity contribution in [1.82, 2.24) is 24.4 Å². The molecule has 1 aliphatic heterocycles. The fourth-order valence-electron chi connectivity index (χ4n) is 3.53. The van der Waals surface area contributed by atoms with Crippen LogP contribution < -0.4 is 5.32 Å². The molecule has 1 fully saturated rings. The zero-order valence-electron chi connectivity index (χ0n) is 17.2. The Balaban J connectivity index is 1.65. The van der Waals surface area contributed by atoms with E-state index in [4.69, 9.17) is 16.3 Å². The maximum Gasteiger partial charge on any atom is 0.254 e. The molecule has 164 valence electrons. The van der Waals surface area contributed by atoms with Gasteiger partial charge < -0.3 is 25.2 Å². The van der Waals surface area contributed by atoms with E-state index in [0.29, 0.717) is 23.5 Å². The number of nitrogens with one attached hydrogen (secondary N) is 1. The summed E-state index contributed by atoms with van der Waals surface area (Å²) >= 11 is 6.14. The fraction of sp³-hybridized carbons (Fsp3) is 0.400. The molecule has 0 spiro atoms. The number of aryl methyl sites for hydroxylation is 1. The molecule has 0 radical (unpaired) electrons. The SMILES string of the molecule is Cc1ccccc1CNc1nc(Cl)nc2c1ncn2[C@@H]1O[C@H](C(=O)N(C)C)[C@@H](O)[C@H]1O. The maximum absolute atomic E-state index is 12.3. The van der Waals surface area contributed by atoms with Crippen molar-refractivity contribution >= 4 is 34.5 Å². The van der Waals surface area contributed by atoms with Crippen molar-refractivity contribution < 1.29 is 19.7 Å². The van der Waals surface area contributed by atoms with Gasteiger partial charge in [0.05, 0.1) is 6.33 Å². The number of anilines is 1. The van der Waals surface area contributed by atoms with Crippen LogP contribution in [0.4, 0.5) is 5.82 Å². The highest BCUT2D eigenvalue weighted by Crippen LogP contribution is 2.33. The van der Waals surface area contributed by atoms with E-state index < -0.39 is 30.4 Å². The van der Waals surface area contributed by atoms with Crippen molar-refractivity contribution in [3.05, 3.63) is 47.0 Å². The molecule has 0 unspecified atom stereocenters. The molecule has 2 aromatic heterocycles. The Hall–Kier alpha value is -2.79. The quantitative estimate of drug-likeness (QED) is 0.497. The Morgan fingerprint density at radius 1 is 1.26 bits per heavy atom. The number of hydrogen-bond acceptors (Lipinski definition) is 8. The van der Waals surface area contributed by atoms with Gasteiger partial charge in [0.2, 0.25) is 5.28 Å². The molecule has 0 saturated carbocycles. The predicted octanol–water partition coefficient (Wildman–Crippen LogP) is 1.11. The smallest absolute Gasteiger partial charge is 0.254 e. The van der Waals surface area contributed by atoms with Crippen LogP contribution >= 0.6 is 11.6 Å². The molecule has 1 saturated heterocycles. The number of imidazole rings is 1. The van der Waals surface area contributed by atoms with E-state index in [2.05, 4.69) is 20.3 Å². The summed E-state index contributed by atoms with van der Waals surface area (Å²) < 4.78 is 7.14. The highest BCUT2D eigenvalue weighted by atomic mass is 35.5. The summed E-state index contributed by atoms with van der Waals surface area (Å²) in [6, 6.07) is 7.95. The first-order chi connectivity index (χ1) is 14.8. The second-order valence-corrected chi connectivity index (χ2v) is 7.94. The summed E-state index contributed by atoms with van der Waals surface area (Å²) in [7, 11) is 3.09. The molecule has 1 aliphatic rings. The number of aliphatic hydroxyl groups is 2. The molecule has 1 aromatic carbocycles. The number of likely N-dealkylation sites (N-methyl/N-ethyl adjacent to an activating group) is 1. The van der Waals surface area contributed by atoms with E-state index in [0.717, 1.165) is 11.1 Å². The molecule has 4 atom stereocenters. The van der Waals surface area contributed by atoms with Crippen molar-refractivity contribution in [3.63, 3.8) is 0 Å². The Morgan fingerprint density at radius 2 is 2.00 bits per heavy atom. The van der Waals surface area contributed by atoms with Gasteiger partial charge >= 0.3 is 0 Å². The zero-order valence-corrected chi connectivity index (χ0v) is 18.0. The first-order valence-electron chi connectivity index (χ1n) is 9.69. The van der Waals surface area contributed by atoms with E-state index in [9.17, 15) is 15.0 Å². The normalized spacial score (nSPS) is 23.3. The lowest BCUT2D eigenvalue weighted by Crippen LogP contribution is -2.42. The third-order valence-corrected chi connectivity index (χ3v) is 5.47. The summed E-state index contributed by atoms with van der Waals surface area (Å²) in [5.41, 5.74) is 2.95. The first-order valence-corrected chi connectivity index (χ1v) is 10.1. The fourth-order valence-corrected chi connectivity index (χ4v) is 3.70. The number of carbonyl (C=O) groups is 1. The van der Waals surface area contributed by atoms with Gasteiger partial charge in [-0.2, -0.15) is 9.97 Å². The number of fused-ring (bicyclic) bond motifs is 1. The van der Waals surface area contributed by atoms with Gasteiger partial charge in [0.15, 0.2) is 29.3 Å². The molecule has 3 N–H and O–H groups in total. The first kappa shape index (κ1) is 21.4. The van der Waals surface area contributed by atoms with Gasteiger partial charge in [0.1, 0.15) is 12.2 Å². The topological polar surface area (TPSA) is 126 Å². The Bertz CT molecular complexity index is 1120. The van der Waals surface area contributed by atoms with E-state index in [-0.39, 0.29) is 5.28 Å². The minimum atomic E-state index is -1.40. The lowest BCUT2D eigenvalue weighted by atomic mass is 10.1. The molecule has 3 aromatic rings. The molecular formula is C20H23ClN6O4. The minimum absolute atomic E-state index is 0.0181. The molecule has 0 aliphatic carbocycles. The number of carbonyl (C=O) groups excluding carboxylic acids is 1. The van der Waals surface area contributed by atoms with E-state index in [1.54, 1.807) is 14.1 Å². The molecule has 10 nitrogen and oxygen atoms in total. The highest BCUT2D eigenvalue weighted by Gasteiger charge is 2.48. The minimum Gasteiger partial charge on any atom is -0.387 e. The molecule has 31 heavy (non-hydrogen) atoms. The van der Waals surface area contributed by atoms with Crippen LogP contribution in [0.25, 0.3) is 11.2 Å². The maximum atomic E-state index is 12.3. The average Bonchev–Trinajstić information content (AvgIpc) is 3.27. The van der Waals surface area contributed by atoms with Gasteiger partial charge in [0, 0.05) is 20.6 Å². The Labute approximate surface area is 183 Å². The predicted molar refractivity (Wildman–Crippen MR) is 113 cm³/mol. The summed E-state index contributed by atoms with van der Waals surface area (Å²) in [4.78, 5) is 26.4. The number of ether oxygens (including phenoxy) is 1. The van der Waals surface area contributed by atoms with Crippen LogP contribution in [0.3, 0.4) is 0 Å².